The second-order valence-corrected chi connectivity index (χ2v) is 6.70. The molecule has 2 aromatic carbocycles. The lowest BCUT2D eigenvalue weighted by Crippen LogP contribution is -2.29. The lowest BCUT2D eigenvalue weighted by Gasteiger charge is -2.10. The second kappa shape index (κ2) is 6.72. The van der Waals surface area contributed by atoms with E-state index in [9.17, 15) is 18.7 Å². The summed E-state index contributed by atoms with van der Waals surface area (Å²) in [6, 6.07) is 7.12. The number of methoxy groups -OCH3 is 1. The van der Waals surface area contributed by atoms with Gasteiger partial charge in [-0.3, -0.25) is 9.89 Å². The fourth-order valence-electron chi connectivity index (χ4n) is 2.82. The fraction of sp³-hybridized carbons (Fsp3) is 0.200. The number of ether oxygens (including phenoxy) is 1. The van der Waals surface area contributed by atoms with Crippen LogP contribution in [0.1, 0.15) is 24.1 Å². The number of halogens is 2. The third-order valence-corrected chi connectivity index (χ3v) is 4.68. The van der Waals surface area contributed by atoms with Crippen molar-refractivity contribution in [2.45, 2.75) is 18.4 Å². The Labute approximate surface area is 158 Å². The summed E-state index contributed by atoms with van der Waals surface area (Å²) in [4.78, 5) is 12.0. The molecule has 0 atom stereocenters. The van der Waals surface area contributed by atoms with Gasteiger partial charge in [0.15, 0.2) is 11.6 Å². The third kappa shape index (κ3) is 3.34. The SMILES string of the molecule is COc1cc(C=Cc2n[nH]c3cc(F)c(NC(=O)C4(O)CC4)cc23)ccc1F. The molecule has 0 radical (unpaired) electrons. The number of hydrogen-bond acceptors (Lipinski definition) is 4. The molecular weight excluding hydrogens is 368 g/mol. The van der Waals surface area contributed by atoms with Crippen molar-refractivity contribution in [2.75, 3.05) is 12.4 Å². The zero-order valence-corrected chi connectivity index (χ0v) is 14.9. The van der Waals surface area contributed by atoms with Crippen molar-refractivity contribution in [2.24, 2.45) is 0 Å². The number of amides is 1. The molecule has 0 unspecified atom stereocenters. The highest BCUT2D eigenvalue weighted by molar-refractivity contribution is 6.01. The van der Waals surface area contributed by atoms with Crippen LogP contribution in [0.3, 0.4) is 0 Å². The van der Waals surface area contributed by atoms with Crippen LogP contribution in [0.4, 0.5) is 14.5 Å². The van der Waals surface area contributed by atoms with Crippen LogP contribution in [0, 0.1) is 11.6 Å². The third-order valence-electron chi connectivity index (χ3n) is 4.68. The first kappa shape index (κ1) is 18.1. The highest BCUT2D eigenvalue weighted by Gasteiger charge is 2.48. The van der Waals surface area contributed by atoms with Crippen LogP contribution in [0.15, 0.2) is 30.3 Å². The van der Waals surface area contributed by atoms with E-state index in [0.29, 0.717) is 35.0 Å². The van der Waals surface area contributed by atoms with Gasteiger partial charge in [0.25, 0.3) is 5.91 Å². The van der Waals surface area contributed by atoms with Crippen molar-refractivity contribution < 1.29 is 23.4 Å². The molecule has 1 fully saturated rings. The molecule has 0 spiro atoms. The minimum absolute atomic E-state index is 0.0303. The standard InChI is InChI=1S/C20H17F2N3O3/c1-28-18-8-11(2-4-13(18)21)3-5-15-12-9-17(14(22)10-16(12)25-24-15)23-19(26)20(27)6-7-20/h2-5,8-10,27H,6-7H2,1H3,(H,23,26)(H,24,25). The van der Waals surface area contributed by atoms with E-state index in [1.54, 1.807) is 24.3 Å². The summed E-state index contributed by atoms with van der Waals surface area (Å²) in [6.07, 6.45) is 4.13. The molecule has 0 aliphatic heterocycles. The maximum absolute atomic E-state index is 14.3. The first-order valence-corrected chi connectivity index (χ1v) is 8.63. The first-order chi connectivity index (χ1) is 13.4. The van der Waals surface area contributed by atoms with Gasteiger partial charge in [-0.05, 0) is 42.7 Å². The van der Waals surface area contributed by atoms with E-state index < -0.39 is 23.1 Å². The number of anilines is 1. The average Bonchev–Trinajstić information content (AvgIpc) is 3.32. The maximum Gasteiger partial charge on any atom is 0.256 e. The van der Waals surface area contributed by atoms with Crippen molar-refractivity contribution >= 4 is 34.6 Å². The number of aliphatic hydroxyl groups is 1. The normalized spacial score (nSPS) is 15.1. The second-order valence-electron chi connectivity index (χ2n) is 6.70. The van der Waals surface area contributed by atoms with Crippen LogP contribution >= 0.6 is 0 Å². The summed E-state index contributed by atoms with van der Waals surface area (Å²) in [5.74, 6) is -1.59. The van der Waals surface area contributed by atoms with E-state index in [2.05, 4.69) is 15.5 Å². The number of nitrogens with zero attached hydrogens (tertiary/aromatic N) is 1. The molecule has 1 aliphatic rings. The molecule has 4 rings (SSSR count). The van der Waals surface area contributed by atoms with Crippen LogP contribution in [0.2, 0.25) is 0 Å². The Morgan fingerprint density at radius 2 is 2.04 bits per heavy atom. The van der Waals surface area contributed by atoms with Crippen LogP contribution in [-0.4, -0.2) is 33.9 Å². The van der Waals surface area contributed by atoms with Gasteiger partial charge in [0, 0.05) is 11.5 Å². The Balaban J connectivity index is 1.64. The summed E-state index contributed by atoms with van der Waals surface area (Å²) >= 11 is 0. The lowest BCUT2D eigenvalue weighted by atomic mass is 10.1. The maximum atomic E-state index is 14.3. The number of benzene rings is 2. The number of aromatic nitrogens is 2. The highest BCUT2D eigenvalue weighted by atomic mass is 19.1. The van der Waals surface area contributed by atoms with Gasteiger partial charge >= 0.3 is 0 Å². The van der Waals surface area contributed by atoms with Gasteiger partial charge in [-0.1, -0.05) is 12.1 Å². The Morgan fingerprint density at radius 1 is 1.25 bits per heavy atom. The average molecular weight is 385 g/mol. The first-order valence-electron chi connectivity index (χ1n) is 8.63. The number of carbonyl (C=O) groups is 1. The van der Waals surface area contributed by atoms with E-state index in [0.717, 1.165) is 0 Å². The van der Waals surface area contributed by atoms with Crippen molar-refractivity contribution in [1.29, 1.82) is 0 Å². The van der Waals surface area contributed by atoms with E-state index in [4.69, 9.17) is 4.74 Å². The highest BCUT2D eigenvalue weighted by Crippen LogP contribution is 2.36. The summed E-state index contributed by atoms with van der Waals surface area (Å²) < 4.78 is 32.7. The summed E-state index contributed by atoms with van der Waals surface area (Å²) in [6.45, 7) is 0. The van der Waals surface area contributed by atoms with Crippen molar-refractivity contribution in [3.63, 3.8) is 0 Å². The Kier molecular flexibility index (Phi) is 4.35. The fourth-order valence-corrected chi connectivity index (χ4v) is 2.82. The summed E-state index contributed by atoms with van der Waals surface area (Å²) in [5.41, 5.74) is 0.233. The number of H-pyrrole nitrogens is 1. The molecule has 6 nitrogen and oxygen atoms in total. The van der Waals surface area contributed by atoms with Gasteiger partial charge in [-0.15, -0.1) is 0 Å². The number of rotatable bonds is 5. The zero-order chi connectivity index (χ0) is 19.9. The predicted octanol–water partition coefficient (Wildman–Crippen LogP) is 3.48. The summed E-state index contributed by atoms with van der Waals surface area (Å²) in [7, 11) is 1.38. The van der Waals surface area contributed by atoms with Gasteiger partial charge in [0.05, 0.1) is 24.0 Å². The molecule has 1 saturated carbocycles. The predicted molar refractivity (Wildman–Crippen MR) is 101 cm³/mol. The van der Waals surface area contributed by atoms with Gasteiger partial charge in [0.2, 0.25) is 0 Å². The minimum Gasteiger partial charge on any atom is -0.494 e. The quantitative estimate of drug-likeness (QED) is 0.628. The van der Waals surface area contributed by atoms with E-state index in [-0.39, 0.29) is 11.4 Å². The topological polar surface area (TPSA) is 87.2 Å². The molecule has 144 valence electrons. The monoisotopic (exact) mass is 385 g/mol. The molecule has 0 bridgehead atoms. The van der Waals surface area contributed by atoms with E-state index in [1.807, 2.05) is 0 Å². The van der Waals surface area contributed by atoms with Crippen LogP contribution in [0.25, 0.3) is 23.1 Å². The van der Waals surface area contributed by atoms with Gasteiger partial charge in [-0.25, -0.2) is 8.78 Å². The molecule has 1 aliphatic carbocycles. The molecule has 0 saturated heterocycles. The minimum atomic E-state index is -1.40. The van der Waals surface area contributed by atoms with E-state index in [1.165, 1.54) is 25.3 Å². The Morgan fingerprint density at radius 3 is 2.75 bits per heavy atom. The van der Waals surface area contributed by atoms with Crippen LogP contribution in [0.5, 0.6) is 5.75 Å². The number of carbonyl (C=O) groups excluding carboxylic acids is 1. The number of aromatic amines is 1. The zero-order valence-electron chi connectivity index (χ0n) is 14.9. The molecular formula is C20H17F2N3O3. The number of nitrogens with one attached hydrogen (secondary N) is 2. The van der Waals surface area contributed by atoms with Gasteiger partial charge in [-0.2, -0.15) is 5.10 Å². The van der Waals surface area contributed by atoms with Gasteiger partial charge < -0.3 is 15.2 Å². The molecule has 1 amide bonds. The molecule has 28 heavy (non-hydrogen) atoms. The summed E-state index contributed by atoms with van der Waals surface area (Å²) in [5, 5.41) is 19.7. The van der Waals surface area contributed by atoms with Crippen molar-refractivity contribution in [3.8, 4) is 5.75 Å². The molecule has 3 N–H and O–H groups in total. The van der Waals surface area contributed by atoms with Crippen molar-refractivity contribution in [3.05, 3.63) is 53.2 Å². The molecule has 1 aromatic heterocycles. The number of hydrogen-bond donors (Lipinski definition) is 3. The van der Waals surface area contributed by atoms with E-state index >= 15 is 0 Å². The molecule has 8 heteroatoms. The largest absolute Gasteiger partial charge is 0.494 e. The Hall–Kier alpha value is -3.26. The molecule has 1 heterocycles. The van der Waals surface area contributed by atoms with Crippen LogP contribution < -0.4 is 10.1 Å². The Bertz CT molecular complexity index is 1100. The van der Waals surface area contributed by atoms with Gasteiger partial charge in [0.1, 0.15) is 11.4 Å². The smallest absolute Gasteiger partial charge is 0.256 e. The van der Waals surface area contributed by atoms with Crippen LogP contribution in [-0.2, 0) is 4.79 Å². The lowest BCUT2D eigenvalue weighted by molar-refractivity contribution is -0.125. The molecule has 3 aromatic rings. The van der Waals surface area contributed by atoms with Crippen molar-refractivity contribution in [1.82, 2.24) is 10.2 Å². The number of fused-ring (bicyclic) bond motifs is 1.